The third-order valence-electron chi connectivity index (χ3n) is 2.26. The van der Waals surface area contributed by atoms with E-state index < -0.39 is 0 Å². The van der Waals surface area contributed by atoms with Gasteiger partial charge in [0.25, 0.3) is 0 Å². The Kier molecular flexibility index (Phi) is 4.29. The Morgan fingerprint density at radius 2 is 2.00 bits per heavy atom. The molecule has 74 valence electrons. The quantitative estimate of drug-likeness (QED) is 0.540. The van der Waals surface area contributed by atoms with Gasteiger partial charge < -0.3 is 5.73 Å². The number of alkyl halides is 1. The van der Waals surface area contributed by atoms with Crippen LogP contribution < -0.4 is 5.73 Å². The van der Waals surface area contributed by atoms with Crippen molar-refractivity contribution in [3.05, 3.63) is 11.8 Å². The molecule has 0 bridgehead atoms. The lowest BCUT2D eigenvalue weighted by Gasteiger charge is -2.21. The summed E-state index contributed by atoms with van der Waals surface area (Å²) in [7, 11) is 0. The maximum absolute atomic E-state index is 5.98. The van der Waals surface area contributed by atoms with E-state index in [0.717, 1.165) is 31.4 Å². The van der Waals surface area contributed by atoms with Crippen molar-refractivity contribution in [2.24, 2.45) is 10.7 Å². The van der Waals surface area contributed by atoms with Gasteiger partial charge in [0.1, 0.15) is 0 Å². The predicted octanol–water partition coefficient (Wildman–Crippen LogP) is 2.47. The van der Waals surface area contributed by atoms with E-state index in [4.69, 9.17) is 17.3 Å². The van der Waals surface area contributed by atoms with E-state index in [0.29, 0.717) is 11.4 Å². The summed E-state index contributed by atoms with van der Waals surface area (Å²) >= 11 is 5.98. The van der Waals surface area contributed by atoms with Gasteiger partial charge in [-0.3, -0.25) is 4.99 Å². The first-order valence-electron chi connectivity index (χ1n) is 4.78. The predicted molar refractivity (Wildman–Crippen MR) is 58.3 cm³/mol. The number of rotatable bonds is 2. The minimum Gasteiger partial charge on any atom is -0.402 e. The van der Waals surface area contributed by atoms with E-state index >= 15 is 0 Å². The van der Waals surface area contributed by atoms with Crippen LogP contribution in [0.4, 0.5) is 0 Å². The summed E-state index contributed by atoms with van der Waals surface area (Å²) in [6.07, 6.45) is 8.06. The standard InChI is InChI=1S/C10H17ClN2/c1-8(12)6-7-13-10-4-2-9(11)3-5-10/h6-7,9-10H,2-5,12H2,1H3. The van der Waals surface area contributed by atoms with E-state index in [1.54, 1.807) is 0 Å². The zero-order valence-electron chi connectivity index (χ0n) is 8.04. The van der Waals surface area contributed by atoms with Crippen molar-refractivity contribution in [1.82, 2.24) is 0 Å². The molecule has 0 atom stereocenters. The van der Waals surface area contributed by atoms with Crippen LogP contribution in [0, 0.1) is 0 Å². The lowest BCUT2D eigenvalue weighted by molar-refractivity contribution is 0.450. The molecule has 0 aromatic rings. The molecule has 2 N–H and O–H groups in total. The van der Waals surface area contributed by atoms with Crippen molar-refractivity contribution < 1.29 is 0 Å². The summed E-state index contributed by atoms with van der Waals surface area (Å²) in [5, 5.41) is 0.373. The minimum absolute atomic E-state index is 0.373. The van der Waals surface area contributed by atoms with Gasteiger partial charge in [-0.05, 0) is 38.7 Å². The van der Waals surface area contributed by atoms with Crippen molar-refractivity contribution in [2.75, 3.05) is 0 Å². The highest BCUT2D eigenvalue weighted by Gasteiger charge is 2.17. The monoisotopic (exact) mass is 200 g/mol. The lowest BCUT2D eigenvalue weighted by atomic mass is 9.96. The molecular formula is C10H17ClN2. The lowest BCUT2D eigenvalue weighted by Crippen LogP contribution is -2.16. The topological polar surface area (TPSA) is 38.4 Å². The summed E-state index contributed by atoms with van der Waals surface area (Å²) in [6, 6.07) is 0.464. The zero-order chi connectivity index (χ0) is 9.68. The van der Waals surface area contributed by atoms with E-state index in [1.165, 1.54) is 0 Å². The van der Waals surface area contributed by atoms with Crippen molar-refractivity contribution >= 4 is 17.8 Å². The fraction of sp³-hybridized carbons (Fsp3) is 0.700. The van der Waals surface area contributed by atoms with Crippen LogP contribution >= 0.6 is 11.6 Å². The summed E-state index contributed by atoms with van der Waals surface area (Å²) in [5.41, 5.74) is 6.28. The van der Waals surface area contributed by atoms with Crippen LogP contribution in [0.1, 0.15) is 32.6 Å². The number of hydrogen-bond donors (Lipinski definition) is 1. The average Bonchev–Trinajstić information content (AvgIpc) is 2.08. The van der Waals surface area contributed by atoms with E-state index in [1.807, 2.05) is 19.2 Å². The van der Waals surface area contributed by atoms with Crippen molar-refractivity contribution in [3.63, 3.8) is 0 Å². The van der Waals surface area contributed by atoms with Crippen LogP contribution in [0.5, 0.6) is 0 Å². The largest absolute Gasteiger partial charge is 0.402 e. The molecule has 13 heavy (non-hydrogen) atoms. The van der Waals surface area contributed by atoms with Crippen molar-refractivity contribution in [2.45, 2.75) is 44.0 Å². The maximum atomic E-state index is 5.98. The molecule has 1 fully saturated rings. The molecule has 1 rings (SSSR count). The zero-order valence-corrected chi connectivity index (χ0v) is 8.80. The Balaban J connectivity index is 2.30. The summed E-state index contributed by atoms with van der Waals surface area (Å²) in [5.74, 6) is 0. The number of nitrogens with zero attached hydrogens (tertiary/aromatic N) is 1. The third-order valence-corrected chi connectivity index (χ3v) is 2.70. The van der Waals surface area contributed by atoms with Gasteiger partial charge in [0.15, 0.2) is 0 Å². The summed E-state index contributed by atoms with van der Waals surface area (Å²) in [4.78, 5) is 4.42. The average molecular weight is 201 g/mol. The highest BCUT2D eigenvalue weighted by Crippen LogP contribution is 2.24. The SMILES string of the molecule is CC(N)=CC=NC1CCC(Cl)CC1. The van der Waals surface area contributed by atoms with Crippen LogP contribution in [-0.2, 0) is 0 Å². The third kappa shape index (κ3) is 4.32. The number of nitrogens with two attached hydrogens (primary N) is 1. The fourth-order valence-electron chi connectivity index (χ4n) is 1.47. The molecular weight excluding hydrogens is 184 g/mol. The molecule has 0 amide bonds. The van der Waals surface area contributed by atoms with Gasteiger partial charge in [-0.15, -0.1) is 11.6 Å². The highest BCUT2D eigenvalue weighted by molar-refractivity contribution is 6.20. The minimum atomic E-state index is 0.373. The molecule has 0 unspecified atom stereocenters. The van der Waals surface area contributed by atoms with Gasteiger partial charge in [-0.1, -0.05) is 0 Å². The summed E-state index contributed by atoms with van der Waals surface area (Å²) in [6.45, 7) is 1.86. The van der Waals surface area contributed by atoms with Gasteiger partial charge >= 0.3 is 0 Å². The van der Waals surface area contributed by atoms with Crippen molar-refractivity contribution in [3.8, 4) is 0 Å². The van der Waals surface area contributed by atoms with Crippen LogP contribution in [0.15, 0.2) is 16.8 Å². The molecule has 1 saturated carbocycles. The molecule has 0 spiro atoms. The molecule has 0 aromatic carbocycles. The number of hydrogen-bond acceptors (Lipinski definition) is 2. The molecule has 3 heteroatoms. The first kappa shape index (κ1) is 10.6. The van der Waals surface area contributed by atoms with Gasteiger partial charge in [-0.2, -0.15) is 0 Å². The highest BCUT2D eigenvalue weighted by atomic mass is 35.5. The van der Waals surface area contributed by atoms with Crippen LogP contribution in [0.25, 0.3) is 0 Å². The van der Waals surface area contributed by atoms with E-state index in [2.05, 4.69) is 4.99 Å². The van der Waals surface area contributed by atoms with Crippen molar-refractivity contribution in [1.29, 1.82) is 0 Å². The smallest absolute Gasteiger partial charge is 0.0500 e. The first-order chi connectivity index (χ1) is 6.18. The Labute approximate surface area is 84.9 Å². The Morgan fingerprint density at radius 1 is 1.38 bits per heavy atom. The van der Waals surface area contributed by atoms with Crippen LogP contribution in [0.3, 0.4) is 0 Å². The second-order valence-electron chi connectivity index (χ2n) is 3.61. The van der Waals surface area contributed by atoms with Gasteiger partial charge in [0.05, 0.1) is 6.04 Å². The Hall–Kier alpha value is -0.500. The molecule has 0 aromatic heterocycles. The normalized spacial score (nSPS) is 31.1. The van der Waals surface area contributed by atoms with Gasteiger partial charge in [0.2, 0.25) is 0 Å². The summed E-state index contributed by atoms with van der Waals surface area (Å²) < 4.78 is 0. The van der Waals surface area contributed by atoms with Gasteiger partial charge in [-0.25, -0.2) is 0 Å². The number of allylic oxidation sites excluding steroid dienone is 2. The molecule has 0 heterocycles. The van der Waals surface area contributed by atoms with E-state index in [-0.39, 0.29) is 0 Å². The van der Waals surface area contributed by atoms with Crippen LogP contribution in [-0.4, -0.2) is 17.6 Å². The van der Waals surface area contributed by atoms with E-state index in [9.17, 15) is 0 Å². The van der Waals surface area contributed by atoms with Gasteiger partial charge in [0, 0.05) is 17.3 Å². The molecule has 2 nitrogen and oxygen atoms in total. The first-order valence-corrected chi connectivity index (χ1v) is 5.21. The second-order valence-corrected chi connectivity index (χ2v) is 4.23. The fourth-order valence-corrected chi connectivity index (χ4v) is 1.72. The van der Waals surface area contributed by atoms with Crippen LogP contribution in [0.2, 0.25) is 0 Å². The molecule has 0 radical (unpaired) electrons. The maximum Gasteiger partial charge on any atom is 0.0500 e. The Morgan fingerprint density at radius 3 is 2.54 bits per heavy atom. The molecule has 0 aliphatic heterocycles. The number of aliphatic imine (C=N–C) groups is 1. The molecule has 1 aliphatic rings. The molecule has 1 aliphatic carbocycles. The molecule has 0 saturated heterocycles. The second kappa shape index (κ2) is 5.28. The Bertz CT molecular complexity index is 199. The number of halogens is 1.